The van der Waals surface area contributed by atoms with E-state index in [1.54, 1.807) is 0 Å². The Labute approximate surface area is 431 Å². The molecule has 0 radical (unpaired) electrons. The molecule has 410 valence electrons. The minimum Gasteiger partial charge on any atom is -0.466 e. The molecular formula is C63H123NO5. The van der Waals surface area contributed by atoms with Crippen molar-refractivity contribution in [1.29, 1.82) is 0 Å². The van der Waals surface area contributed by atoms with Crippen molar-refractivity contribution < 1.29 is 24.5 Å². The first-order chi connectivity index (χ1) is 34.0. The van der Waals surface area contributed by atoms with Crippen molar-refractivity contribution in [2.75, 3.05) is 13.2 Å². The van der Waals surface area contributed by atoms with Gasteiger partial charge in [-0.3, -0.25) is 9.59 Å². The molecule has 0 aromatic rings. The van der Waals surface area contributed by atoms with E-state index in [1.165, 1.54) is 276 Å². The Morgan fingerprint density at radius 1 is 0.391 bits per heavy atom. The van der Waals surface area contributed by atoms with E-state index in [2.05, 4.69) is 31.3 Å². The molecule has 0 aliphatic rings. The fourth-order valence-corrected chi connectivity index (χ4v) is 9.99. The smallest absolute Gasteiger partial charge is 0.305 e. The van der Waals surface area contributed by atoms with Gasteiger partial charge in [0, 0.05) is 12.8 Å². The minimum absolute atomic E-state index is 0.00138. The number of allylic oxidation sites excluding steroid dienone is 2. The SMILES string of the molecule is CCCCCCCCC/C=C\CCCCCCCCCC(=O)OCCCCCCCCCCCCCCCCCCC(=O)NC(CO)C(O)CCCCCCCCCCCCCCCCCCCC. The van der Waals surface area contributed by atoms with Crippen molar-refractivity contribution >= 4 is 11.9 Å². The fourth-order valence-electron chi connectivity index (χ4n) is 9.99. The maximum absolute atomic E-state index is 12.5. The summed E-state index contributed by atoms with van der Waals surface area (Å²) in [6.07, 6.45) is 70.7. The monoisotopic (exact) mass is 974 g/mol. The van der Waals surface area contributed by atoms with E-state index in [1.807, 2.05) is 0 Å². The predicted octanol–water partition coefficient (Wildman–Crippen LogP) is 19.6. The zero-order chi connectivity index (χ0) is 50.0. The van der Waals surface area contributed by atoms with Crippen LogP contribution >= 0.6 is 0 Å². The van der Waals surface area contributed by atoms with E-state index in [9.17, 15) is 19.8 Å². The van der Waals surface area contributed by atoms with Gasteiger partial charge in [-0.15, -0.1) is 0 Å². The predicted molar refractivity (Wildman–Crippen MR) is 301 cm³/mol. The summed E-state index contributed by atoms with van der Waals surface area (Å²) in [6.45, 7) is 4.97. The number of ether oxygens (including phenoxy) is 1. The van der Waals surface area contributed by atoms with Crippen LogP contribution < -0.4 is 5.32 Å². The molecule has 0 fully saturated rings. The van der Waals surface area contributed by atoms with E-state index >= 15 is 0 Å². The lowest BCUT2D eigenvalue weighted by molar-refractivity contribution is -0.143. The summed E-state index contributed by atoms with van der Waals surface area (Å²) in [7, 11) is 0. The number of nitrogens with one attached hydrogen (secondary N) is 1. The van der Waals surface area contributed by atoms with Crippen LogP contribution in [-0.4, -0.2) is 47.4 Å². The Morgan fingerprint density at radius 3 is 1.03 bits per heavy atom. The second kappa shape index (κ2) is 59.2. The molecule has 0 aliphatic heterocycles. The summed E-state index contributed by atoms with van der Waals surface area (Å²) < 4.78 is 5.49. The maximum atomic E-state index is 12.5. The molecule has 0 rings (SSSR count). The van der Waals surface area contributed by atoms with Gasteiger partial charge in [0.2, 0.25) is 5.91 Å². The summed E-state index contributed by atoms with van der Waals surface area (Å²) in [6, 6.07) is -0.547. The number of carbonyl (C=O) groups is 2. The number of amides is 1. The van der Waals surface area contributed by atoms with Crippen LogP contribution in [-0.2, 0) is 14.3 Å². The zero-order valence-corrected chi connectivity index (χ0v) is 46.8. The van der Waals surface area contributed by atoms with Crippen LogP contribution in [0.1, 0.15) is 354 Å². The molecule has 2 unspecified atom stereocenters. The first kappa shape index (κ1) is 67.6. The number of carbonyl (C=O) groups excluding carboxylic acids is 2. The third kappa shape index (κ3) is 55.8. The van der Waals surface area contributed by atoms with Crippen LogP contribution in [0.5, 0.6) is 0 Å². The van der Waals surface area contributed by atoms with E-state index in [4.69, 9.17) is 4.74 Å². The van der Waals surface area contributed by atoms with Crippen molar-refractivity contribution in [1.82, 2.24) is 5.32 Å². The van der Waals surface area contributed by atoms with Crippen LogP contribution in [0, 0.1) is 0 Å². The van der Waals surface area contributed by atoms with Gasteiger partial charge in [0.15, 0.2) is 0 Å². The van der Waals surface area contributed by atoms with E-state index in [0.717, 1.165) is 44.9 Å². The third-order valence-corrected chi connectivity index (χ3v) is 14.8. The van der Waals surface area contributed by atoms with Gasteiger partial charge in [0.25, 0.3) is 0 Å². The lowest BCUT2D eigenvalue weighted by Crippen LogP contribution is -2.45. The molecule has 69 heavy (non-hydrogen) atoms. The number of aliphatic hydroxyl groups is 2. The third-order valence-electron chi connectivity index (χ3n) is 14.8. The van der Waals surface area contributed by atoms with Crippen LogP contribution in [0.3, 0.4) is 0 Å². The molecule has 0 heterocycles. The molecule has 0 aromatic carbocycles. The Morgan fingerprint density at radius 2 is 0.681 bits per heavy atom. The Balaban J connectivity index is 3.40. The molecule has 6 nitrogen and oxygen atoms in total. The molecule has 6 heteroatoms. The van der Waals surface area contributed by atoms with Crippen LogP contribution in [0.25, 0.3) is 0 Å². The quantitative estimate of drug-likeness (QED) is 0.0321. The van der Waals surface area contributed by atoms with Gasteiger partial charge in [-0.25, -0.2) is 0 Å². The molecule has 0 bridgehead atoms. The standard InChI is InChI=1S/C63H123NO5/c1-3-5-7-9-11-13-15-17-19-21-23-27-31-35-39-43-47-51-55-61(66)60(59-65)64-62(67)56-52-48-44-40-36-32-28-25-26-30-34-38-42-46-50-54-58-69-63(68)57-53-49-45-41-37-33-29-24-22-20-18-16-14-12-10-8-6-4-2/h20,22,60-61,65-66H,3-19,21,23-59H2,1-2H3,(H,64,67)/b22-20-. The number of esters is 1. The summed E-state index contributed by atoms with van der Waals surface area (Å²) in [5.74, 6) is -0.0370. The first-order valence-electron chi connectivity index (χ1n) is 31.4. The van der Waals surface area contributed by atoms with Crippen LogP contribution in [0.15, 0.2) is 12.2 Å². The highest BCUT2D eigenvalue weighted by atomic mass is 16.5. The second-order valence-corrected chi connectivity index (χ2v) is 21.7. The highest BCUT2D eigenvalue weighted by molar-refractivity contribution is 5.76. The molecule has 3 N–H and O–H groups in total. The fraction of sp³-hybridized carbons (Fsp3) is 0.937. The van der Waals surface area contributed by atoms with Crippen molar-refractivity contribution in [2.24, 2.45) is 0 Å². The Kier molecular flexibility index (Phi) is 58.0. The van der Waals surface area contributed by atoms with Gasteiger partial charge >= 0.3 is 5.97 Å². The number of hydrogen-bond acceptors (Lipinski definition) is 5. The van der Waals surface area contributed by atoms with Gasteiger partial charge in [-0.2, -0.15) is 0 Å². The lowest BCUT2D eigenvalue weighted by Gasteiger charge is -2.22. The Bertz CT molecular complexity index is 1030. The Hall–Kier alpha value is -1.40. The summed E-state index contributed by atoms with van der Waals surface area (Å²) in [5.41, 5.74) is 0. The van der Waals surface area contributed by atoms with E-state index in [0.29, 0.717) is 25.9 Å². The molecule has 0 saturated carbocycles. The minimum atomic E-state index is -0.669. The number of rotatable bonds is 59. The normalized spacial score (nSPS) is 12.6. The van der Waals surface area contributed by atoms with Gasteiger partial charge < -0.3 is 20.3 Å². The average Bonchev–Trinajstić information content (AvgIpc) is 3.35. The second-order valence-electron chi connectivity index (χ2n) is 21.7. The van der Waals surface area contributed by atoms with Gasteiger partial charge in [-0.1, -0.05) is 302 Å². The first-order valence-corrected chi connectivity index (χ1v) is 31.4. The molecule has 2 atom stereocenters. The summed E-state index contributed by atoms with van der Waals surface area (Å²) in [5, 5.41) is 23.3. The van der Waals surface area contributed by atoms with Crippen molar-refractivity contribution in [3.63, 3.8) is 0 Å². The van der Waals surface area contributed by atoms with E-state index in [-0.39, 0.29) is 18.5 Å². The summed E-state index contributed by atoms with van der Waals surface area (Å²) >= 11 is 0. The van der Waals surface area contributed by atoms with Crippen molar-refractivity contribution in [3.8, 4) is 0 Å². The van der Waals surface area contributed by atoms with Crippen LogP contribution in [0.2, 0.25) is 0 Å². The highest BCUT2D eigenvalue weighted by Gasteiger charge is 2.20. The molecule has 1 amide bonds. The molecule has 0 saturated heterocycles. The zero-order valence-electron chi connectivity index (χ0n) is 46.8. The number of unbranched alkanes of at least 4 members (excludes halogenated alkanes) is 46. The lowest BCUT2D eigenvalue weighted by atomic mass is 10.0. The molecular weight excluding hydrogens is 851 g/mol. The molecule has 0 aliphatic carbocycles. The van der Waals surface area contributed by atoms with Gasteiger partial charge in [-0.05, 0) is 51.4 Å². The van der Waals surface area contributed by atoms with Crippen molar-refractivity contribution in [3.05, 3.63) is 12.2 Å². The number of aliphatic hydroxyl groups excluding tert-OH is 2. The molecule has 0 spiro atoms. The average molecular weight is 975 g/mol. The highest BCUT2D eigenvalue weighted by Crippen LogP contribution is 2.18. The topological polar surface area (TPSA) is 95.9 Å². The van der Waals surface area contributed by atoms with Gasteiger partial charge in [0.1, 0.15) is 0 Å². The van der Waals surface area contributed by atoms with Crippen molar-refractivity contribution in [2.45, 2.75) is 366 Å². The largest absolute Gasteiger partial charge is 0.466 e. The van der Waals surface area contributed by atoms with E-state index < -0.39 is 12.1 Å². The maximum Gasteiger partial charge on any atom is 0.305 e. The van der Waals surface area contributed by atoms with Gasteiger partial charge in [0.05, 0.1) is 25.4 Å². The molecule has 0 aromatic heterocycles. The number of hydrogen-bond donors (Lipinski definition) is 3. The van der Waals surface area contributed by atoms with Crippen LogP contribution in [0.4, 0.5) is 0 Å². The summed E-state index contributed by atoms with van der Waals surface area (Å²) in [4.78, 5) is 24.6.